The van der Waals surface area contributed by atoms with E-state index in [4.69, 9.17) is 11.6 Å². The SMILES string of the molecule is CC(C)(C(=O)NCc1ccccc1)C(=O)Nc1cc(C(F)(F)F)ccc1Cl. The molecule has 2 N–H and O–H groups in total. The van der Waals surface area contributed by atoms with Crippen molar-refractivity contribution in [3.8, 4) is 0 Å². The molecule has 0 heterocycles. The number of halogens is 4. The van der Waals surface area contributed by atoms with Crippen LogP contribution in [0.25, 0.3) is 0 Å². The van der Waals surface area contributed by atoms with Crippen LogP contribution in [0.5, 0.6) is 0 Å². The van der Waals surface area contributed by atoms with Gasteiger partial charge in [0.2, 0.25) is 11.8 Å². The van der Waals surface area contributed by atoms with Crippen LogP contribution in [0.3, 0.4) is 0 Å². The molecule has 0 aliphatic carbocycles. The average molecular weight is 399 g/mol. The molecule has 8 heteroatoms. The minimum atomic E-state index is -4.58. The lowest BCUT2D eigenvalue weighted by Gasteiger charge is -2.23. The van der Waals surface area contributed by atoms with Gasteiger partial charge in [-0.05, 0) is 37.6 Å². The second kappa shape index (κ2) is 8.00. The maximum atomic E-state index is 12.8. The number of anilines is 1. The van der Waals surface area contributed by atoms with Gasteiger partial charge >= 0.3 is 6.18 Å². The van der Waals surface area contributed by atoms with Gasteiger partial charge in [-0.25, -0.2) is 0 Å². The molecule has 0 radical (unpaired) electrons. The quantitative estimate of drug-likeness (QED) is 0.721. The van der Waals surface area contributed by atoms with E-state index in [0.717, 1.165) is 23.8 Å². The fraction of sp³-hybridized carbons (Fsp3) is 0.263. The van der Waals surface area contributed by atoms with Crippen LogP contribution >= 0.6 is 11.6 Å². The van der Waals surface area contributed by atoms with Gasteiger partial charge in [0.15, 0.2) is 0 Å². The van der Waals surface area contributed by atoms with Gasteiger partial charge in [0.1, 0.15) is 5.41 Å². The van der Waals surface area contributed by atoms with Crippen molar-refractivity contribution in [1.29, 1.82) is 0 Å². The lowest BCUT2D eigenvalue weighted by Crippen LogP contribution is -2.44. The van der Waals surface area contributed by atoms with E-state index in [1.54, 1.807) is 0 Å². The van der Waals surface area contributed by atoms with Gasteiger partial charge in [-0.1, -0.05) is 41.9 Å². The van der Waals surface area contributed by atoms with Crippen molar-refractivity contribution < 1.29 is 22.8 Å². The molecular formula is C19H18ClF3N2O2. The Kier molecular flexibility index (Phi) is 6.15. The Bertz CT molecular complexity index is 837. The first-order valence-electron chi connectivity index (χ1n) is 8.02. The van der Waals surface area contributed by atoms with E-state index in [0.29, 0.717) is 0 Å². The average Bonchev–Trinajstić information content (AvgIpc) is 2.61. The Morgan fingerprint density at radius 3 is 2.22 bits per heavy atom. The van der Waals surface area contributed by atoms with Crippen LogP contribution in [-0.4, -0.2) is 11.8 Å². The van der Waals surface area contributed by atoms with Crippen molar-refractivity contribution in [1.82, 2.24) is 5.32 Å². The Labute approximate surface area is 159 Å². The van der Waals surface area contributed by atoms with Gasteiger partial charge in [0.25, 0.3) is 0 Å². The molecule has 0 atom stereocenters. The third kappa shape index (κ3) is 5.23. The molecule has 0 fully saturated rings. The van der Waals surface area contributed by atoms with Crippen molar-refractivity contribution >= 4 is 29.1 Å². The summed E-state index contributed by atoms with van der Waals surface area (Å²) in [6.07, 6.45) is -4.58. The fourth-order valence-electron chi connectivity index (χ4n) is 2.18. The van der Waals surface area contributed by atoms with Crippen molar-refractivity contribution in [2.75, 3.05) is 5.32 Å². The highest BCUT2D eigenvalue weighted by Crippen LogP contribution is 2.34. The topological polar surface area (TPSA) is 58.2 Å². The smallest absolute Gasteiger partial charge is 0.351 e. The van der Waals surface area contributed by atoms with Crippen LogP contribution in [0, 0.1) is 5.41 Å². The van der Waals surface area contributed by atoms with E-state index in [-0.39, 0.29) is 17.3 Å². The number of carbonyl (C=O) groups is 2. The molecule has 4 nitrogen and oxygen atoms in total. The van der Waals surface area contributed by atoms with Gasteiger partial charge in [-0.2, -0.15) is 13.2 Å². The van der Waals surface area contributed by atoms with E-state index in [1.807, 2.05) is 30.3 Å². The van der Waals surface area contributed by atoms with E-state index < -0.39 is 29.0 Å². The van der Waals surface area contributed by atoms with Crippen LogP contribution in [0.1, 0.15) is 25.0 Å². The van der Waals surface area contributed by atoms with E-state index in [1.165, 1.54) is 13.8 Å². The molecular weight excluding hydrogens is 381 g/mol. The first-order valence-corrected chi connectivity index (χ1v) is 8.40. The van der Waals surface area contributed by atoms with Crippen molar-refractivity contribution in [3.05, 3.63) is 64.7 Å². The molecule has 0 unspecified atom stereocenters. The summed E-state index contributed by atoms with van der Waals surface area (Å²) >= 11 is 5.88. The normalized spacial score (nSPS) is 11.8. The molecule has 0 spiro atoms. The lowest BCUT2D eigenvalue weighted by molar-refractivity contribution is -0.139. The molecule has 2 aromatic rings. The van der Waals surface area contributed by atoms with Gasteiger partial charge in [-0.15, -0.1) is 0 Å². The predicted octanol–water partition coefficient (Wildman–Crippen LogP) is 4.64. The summed E-state index contributed by atoms with van der Waals surface area (Å²) in [5, 5.41) is 4.90. The van der Waals surface area contributed by atoms with Crippen molar-refractivity contribution in [2.45, 2.75) is 26.6 Å². The number of rotatable bonds is 5. The summed E-state index contributed by atoms with van der Waals surface area (Å²) in [4.78, 5) is 24.9. The predicted molar refractivity (Wildman–Crippen MR) is 97.2 cm³/mol. The molecule has 2 rings (SSSR count). The Balaban J connectivity index is 2.10. The second-order valence-corrected chi connectivity index (χ2v) is 6.85. The molecule has 0 bridgehead atoms. The first kappa shape index (κ1) is 20.8. The van der Waals surface area contributed by atoms with Crippen LogP contribution in [0.15, 0.2) is 48.5 Å². The zero-order chi connectivity index (χ0) is 20.2. The number of hydrogen-bond donors (Lipinski definition) is 2. The Morgan fingerprint density at radius 2 is 1.63 bits per heavy atom. The minimum absolute atomic E-state index is 0.0585. The zero-order valence-corrected chi connectivity index (χ0v) is 15.4. The highest BCUT2D eigenvalue weighted by molar-refractivity contribution is 6.34. The Hall–Kier alpha value is -2.54. The van der Waals surface area contributed by atoms with E-state index in [2.05, 4.69) is 10.6 Å². The number of alkyl halides is 3. The number of nitrogens with one attached hydrogen (secondary N) is 2. The summed E-state index contributed by atoms with van der Waals surface area (Å²) in [5.41, 5.74) is -1.83. The summed E-state index contributed by atoms with van der Waals surface area (Å²) in [7, 11) is 0. The molecule has 0 saturated carbocycles. The number of benzene rings is 2. The molecule has 27 heavy (non-hydrogen) atoms. The molecule has 0 aliphatic heterocycles. The Morgan fingerprint density at radius 1 is 1.00 bits per heavy atom. The number of hydrogen-bond acceptors (Lipinski definition) is 2. The van der Waals surface area contributed by atoms with Gasteiger partial charge in [0, 0.05) is 6.54 Å². The maximum absolute atomic E-state index is 12.8. The third-order valence-corrected chi connectivity index (χ3v) is 4.30. The highest BCUT2D eigenvalue weighted by atomic mass is 35.5. The van der Waals surface area contributed by atoms with E-state index >= 15 is 0 Å². The molecule has 0 saturated heterocycles. The summed E-state index contributed by atoms with van der Waals surface area (Å²) in [6, 6.07) is 11.7. The van der Waals surface area contributed by atoms with Gasteiger partial charge in [0.05, 0.1) is 16.3 Å². The summed E-state index contributed by atoms with van der Waals surface area (Å²) in [6.45, 7) is 2.98. The van der Waals surface area contributed by atoms with Crippen LogP contribution < -0.4 is 10.6 Å². The fourth-order valence-corrected chi connectivity index (χ4v) is 2.34. The summed E-state index contributed by atoms with van der Waals surface area (Å²) in [5.74, 6) is -1.33. The largest absolute Gasteiger partial charge is 0.416 e. The van der Waals surface area contributed by atoms with Gasteiger partial charge < -0.3 is 10.6 Å². The molecule has 0 aliphatic rings. The molecule has 0 aromatic heterocycles. The highest BCUT2D eigenvalue weighted by Gasteiger charge is 2.37. The van der Waals surface area contributed by atoms with Crippen molar-refractivity contribution in [3.63, 3.8) is 0 Å². The second-order valence-electron chi connectivity index (χ2n) is 6.44. The van der Waals surface area contributed by atoms with Crippen LogP contribution in [0.2, 0.25) is 5.02 Å². The van der Waals surface area contributed by atoms with Crippen molar-refractivity contribution in [2.24, 2.45) is 5.41 Å². The molecule has 144 valence electrons. The first-order chi connectivity index (χ1) is 12.5. The number of carbonyl (C=O) groups excluding carboxylic acids is 2. The lowest BCUT2D eigenvalue weighted by atomic mass is 9.90. The van der Waals surface area contributed by atoms with Crippen LogP contribution in [0.4, 0.5) is 18.9 Å². The summed E-state index contributed by atoms with van der Waals surface area (Å²) < 4.78 is 38.5. The molecule has 2 amide bonds. The minimum Gasteiger partial charge on any atom is -0.351 e. The standard InChI is InChI=1S/C19H18ClF3N2O2/c1-18(2,16(26)24-11-12-6-4-3-5-7-12)17(27)25-15-10-13(19(21,22)23)8-9-14(15)20/h3-10H,11H2,1-2H3,(H,24,26)(H,25,27). The number of amides is 2. The van der Waals surface area contributed by atoms with E-state index in [9.17, 15) is 22.8 Å². The van der Waals surface area contributed by atoms with Crippen LogP contribution in [-0.2, 0) is 22.3 Å². The third-order valence-electron chi connectivity index (χ3n) is 3.97. The zero-order valence-electron chi connectivity index (χ0n) is 14.7. The maximum Gasteiger partial charge on any atom is 0.416 e. The monoisotopic (exact) mass is 398 g/mol. The van der Waals surface area contributed by atoms with Gasteiger partial charge in [-0.3, -0.25) is 9.59 Å². The molecule has 2 aromatic carbocycles.